The molecule has 21 heavy (non-hydrogen) atoms. The van der Waals surface area contributed by atoms with E-state index >= 15 is 0 Å². The van der Waals surface area contributed by atoms with Crippen LogP contribution in [0.1, 0.15) is 29.7 Å². The normalized spacial score (nSPS) is 12.4. The van der Waals surface area contributed by atoms with E-state index in [-0.39, 0.29) is 6.04 Å². The number of hydrogen-bond donors (Lipinski definition) is 1. The average molecular weight is 343 g/mol. The van der Waals surface area contributed by atoms with Crippen molar-refractivity contribution < 1.29 is 0 Å². The van der Waals surface area contributed by atoms with Gasteiger partial charge >= 0.3 is 0 Å². The number of hydrogen-bond acceptors (Lipinski definition) is 1. The van der Waals surface area contributed by atoms with Crippen LogP contribution in [0.15, 0.2) is 36.4 Å². The predicted molar refractivity (Wildman–Crippen MR) is 92.8 cm³/mol. The van der Waals surface area contributed by atoms with E-state index < -0.39 is 0 Å². The van der Waals surface area contributed by atoms with Crippen molar-refractivity contribution in [1.29, 1.82) is 0 Å². The van der Waals surface area contributed by atoms with E-state index in [0.717, 1.165) is 34.7 Å². The third-order valence-electron chi connectivity index (χ3n) is 3.37. The molecule has 0 aromatic heterocycles. The molecule has 2 aromatic rings. The van der Waals surface area contributed by atoms with Gasteiger partial charge in [0.25, 0.3) is 0 Å². The fraction of sp³-hybridized carbons (Fsp3) is 0.294. The molecule has 112 valence electrons. The van der Waals surface area contributed by atoms with Crippen LogP contribution in [0.25, 0.3) is 0 Å². The Hall–Kier alpha value is -0.730. The number of rotatable bonds is 5. The summed E-state index contributed by atoms with van der Waals surface area (Å²) in [6, 6.07) is 11.9. The summed E-state index contributed by atoms with van der Waals surface area (Å²) < 4.78 is 0. The lowest BCUT2D eigenvalue weighted by Crippen LogP contribution is -2.23. The molecule has 1 atom stereocenters. The Bertz CT molecular complexity index is 605. The number of aryl methyl sites for hydroxylation is 1. The molecule has 1 nitrogen and oxygen atoms in total. The molecule has 4 heteroatoms. The third-order valence-corrected chi connectivity index (χ3v) is 4.16. The van der Waals surface area contributed by atoms with Gasteiger partial charge in [0.15, 0.2) is 0 Å². The van der Waals surface area contributed by atoms with Crippen LogP contribution in [-0.2, 0) is 6.42 Å². The first kappa shape index (κ1) is 16.6. The topological polar surface area (TPSA) is 12.0 Å². The van der Waals surface area contributed by atoms with Crippen LogP contribution in [0.5, 0.6) is 0 Å². The summed E-state index contributed by atoms with van der Waals surface area (Å²) in [4.78, 5) is 0. The maximum Gasteiger partial charge on any atom is 0.0441 e. The molecule has 0 heterocycles. The number of halogens is 3. The Morgan fingerprint density at radius 3 is 2.24 bits per heavy atom. The molecule has 1 N–H and O–H groups in total. The molecule has 0 bridgehead atoms. The maximum atomic E-state index is 6.34. The molecule has 2 rings (SSSR count). The molecule has 0 aliphatic heterocycles. The van der Waals surface area contributed by atoms with Crippen LogP contribution >= 0.6 is 34.8 Å². The highest BCUT2D eigenvalue weighted by Crippen LogP contribution is 2.28. The quantitative estimate of drug-likeness (QED) is 0.719. The minimum atomic E-state index is 0.131. The lowest BCUT2D eigenvalue weighted by atomic mass is 9.98. The molecule has 0 aliphatic rings. The van der Waals surface area contributed by atoms with Gasteiger partial charge in [-0.05, 0) is 60.8 Å². The number of likely N-dealkylation sites (N-methyl/N-ethyl adjacent to an activating group) is 1. The monoisotopic (exact) mass is 341 g/mol. The van der Waals surface area contributed by atoms with Gasteiger partial charge in [0.05, 0.1) is 0 Å². The molecular formula is C17H18Cl3N. The van der Waals surface area contributed by atoms with Crippen molar-refractivity contribution in [2.24, 2.45) is 0 Å². The Morgan fingerprint density at radius 2 is 1.67 bits per heavy atom. The highest BCUT2D eigenvalue weighted by molar-refractivity contribution is 6.34. The van der Waals surface area contributed by atoms with Gasteiger partial charge in [0, 0.05) is 21.1 Å². The second-order valence-corrected chi connectivity index (χ2v) is 6.39. The first-order chi connectivity index (χ1) is 9.99. The van der Waals surface area contributed by atoms with Gasteiger partial charge in [0.2, 0.25) is 0 Å². The van der Waals surface area contributed by atoms with Crippen molar-refractivity contribution in [2.45, 2.75) is 26.3 Å². The Balaban J connectivity index is 2.30. The van der Waals surface area contributed by atoms with E-state index in [4.69, 9.17) is 34.8 Å². The Kier molecular flexibility index (Phi) is 5.95. The summed E-state index contributed by atoms with van der Waals surface area (Å²) in [5, 5.41) is 5.56. The summed E-state index contributed by atoms with van der Waals surface area (Å²) >= 11 is 18.6. The van der Waals surface area contributed by atoms with Gasteiger partial charge in [-0.15, -0.1) is 0 Å². The van der Waals surface area contributed by atoms with E-state index in [9.17, 15) is 0 Å². The first-order valence-corrected chi connectivity index (χ1v) is 8.07. The average Bonchev–Trinajstić information content (AvgIpc) is 2.40. The highest BCUT2D eigenvalue weighted by atomic mass is 35.5. The van der Waals surface area contributed by atoms with E-state index in [1.807, 2.05) is 25.1 Å². The summed E-state index contributed by atoms with van der Waals surface area (Å²) in [5.41, 5.74) is 3.35. The van der Waals surface area contributed by atoms with Crippen LogP contribution in [0, 0.1) is 6.92 Å². The van der Waals surface area contributed by atoms with Gasteiger partial charge in [-0.2, -0.15) is 0 Å². The maximum absolute atomic E-state index is 6.34. The van der Waals surface area contributed by atoms with Crippen molar-refractivity contribution >= 4 is 34.8 Å². The van der Waals surface area contributed by atoms with Gasteiger partial charge in [0.1, 0.15) is 0 Å². The van der Waals surface area contributed by atoms with E-state index in [0.29, 0.717) is 10.0 Å². The van der Waals surface area contributed by atoms with E-state index in [1.54, 1.807) is 6.07 Å². The molecule has 1 unspecified atom stereocenters. The van der Waals surface area contributed by atoms with Crippen LogP contribution in [-0.4, -0.2) is 6.54 Å². The third kappa shape index (κ3) is 4.62. The zero-order valence-electron chi connectivity index (χ0n) is 12.1. The summed E-state index contributed by atoms with van der Waals surface area (Å²) in [6.45, 7) is 4.97. The molecular weight excluding hydrogens is 325 g/mol. The lowest BCUT2D eigenvalue weighted by molar-refractivity contribution is 0.550. The summed E-state index contributed by atoms with van der Waals surface area (Å²) in [6.07, 6.45) is 0.795. The minimum absolute atomic E-state index is 0.131. The lowest BCUT2D eigenvalue weighted by Gasteiger charge is -2.20. The van der Waals surface area contributed by atoms with Crippen LogP contribution in [0.4, 0.5) is 0 Å². The fourth-order valence-corrected chi connectivity index (χ4v) is 3.22. The Morgan fingerprint density at radius 1 is 1.00 bits per heavy atom. The molecule has 0 spiro atoms. The smallest absolute Gasteiger partial charge is 0.0441 e. The number of benzene rings is 2. The molecule has 0 saturated carbocycles. The largest absolute Gasteiger partial charge is 0.310 e. The molecule has 0 radical (unpaired) electrons. The van der Waals surface area contributed by atoms with Crippen molar-refractivity contribution in [2.75, 3.05) is 6.54 Å². The second-order valence-electron chi connectivity index (χ2n) is 5.11. The van der Waals surface area contributed by atoms with E-state index in [2.05, 4.69) is 24.4 Å². The molecule has 0 amide bonds. The molecule has 0 aliphatic carbocycles. The molecule has 2 aromatic carbocycles. The van der Waals surface area contributed by atoms with Gasteiger partial charge in [-0.25, -0.2) is 0 Å². The Labute approximate surface area is 141 Å². The minimum Gasteiger partial charge on any atom is -0.310 e. The summed E-state index contributed by atoms with van der Waals surface area (Å²) in [5.74, 6) is 0. The zero-order chi connectivity index (χ0) is 15.4. The van der Waals surface area contributed by atoms with Crippen molar-refractivity contribution in [1.82, 2.24) is 5.32 Å². The van der Waals surface area contributed by atoms with Gasteiger partial charge in [-0.1, -0.05) is 53.9 Å². The molecule has 0 saturated heterocycles. The van der Waals surface area contributed by atoms with Gasteiger partial charge in [-0.3, -0.25) is 0 Å². The fourth-order valence-electron chi connectivity index (χ4n) is 2.37. The SMILES string of the molecule is CCNC(Cc1ccc(C)cc1Cl)c1cc(Cl)cc(Cl)c1. The van der Waals surface area contributed by atoms with Crippen LogP contribution in [0.2, 0.25) is 15.1 Å². The first-order valence-electron chi connectivity index (χ1n) is 6.94. The summed E-state index contributed by atoms with van der Waals surface area (Å²) in [7, 11) is 0. The highest BCUT2D eigenvalue weighted by Gasteiger charge is 2.14. The van der Waals surface area contributed by atoms with Crippen LogP contribution < -0.4 is 5.32 Å². The standard InChI is InChI=1S/C17H18Cl3N/c1-3-21-17(13-7-14(18)10-15(19)8-13)9-12-5-4-11(2)6-16(12)20/h4-8,10,17,21H,3,9H2,1-2H3. The van der Waals surface area contributed by atoms with Crippen molar-refractivity contribution in [3.63, 3.8) is 0 Å². The van der Waals surface area contributed by atoms with Gasteiger partial charge < -0.3 is 5.32 Å². The van der Waals surface area contributed by atoms with E-state index in [1.165, 1.54) is 0 Å². The number of nitrogens with one attached hydrogen (secondary N) is 1. The zero-order valence-corrected chi connectivity index (χ0v) is 14.4. The van der Waals surface area contributed by atoms with Crippen molar-refractivity contribution in [3.8, 4) is 0 Å². The second kappa shape index (κ2) is 7.51. The predicted octanol–water partition coefficient (Wildman–Crippen LogP) is 5.85. The van der Waals surface area contributed by atoms with Crippen LogP contribution in [0.3, 0.4) is 0 Å². The molecule has 0 fully saturated rings. The van der Waals surface area contributed by atoms with Crippen molar-refractivity contribution in [3.05, 3.63) is 68.2 Å².